The summed E-state index contributed by atoms with van der Waals surface area (Å²) in [6.07, 6.45) is 0. The van der Waals surface area contributed by atoms with Crippen molar-refractivity contribution in [1.82, 2.24) is 5.32 Å². The van der Waals surface area contributed by atoms with Gasteiger partial charge >= 0.3 is 0 Å². The molecule has 0 saturated heterocycles. The third-order valence-electron chi connectivity index (χ3n) is 3.04. The summed E-state index contributed by atoms with van der Waals surface area (Å²) in [5, 5.41) is 4.06. The van der Waals surface area contributed by atoms with Crippen molar-refractivity contribution in [2.45, 2.75) is 46.3 Å². The number of hydrogen-bond donors (Lipinski definition) is 2. The SMILES string of the molecule is CC(C)NCc1c(Cl)cccc1N(CC(N)=O)C(C)C. The van der Waals surface area contributed by atoms with E-state index in [4.69, 9.17) is 17.3 Å². The van der Waals surface area contributed by atoms with Crippen LogP contribution in [-0.4, -0.2) is 24.5 Å². The molecule has 5 heteroatoms. The fourth-order valence-corrected chi connectivity index (χ4v) is 2.25. The first-order chi connectivity index (χ1) is 9.32. The summed E-state index contributed by atoms with van der Waals surface area (Å²) < 4.78 is 0. The summed E-state index contributed by atoms with van der Waals surface area (Å²) in [6, 6.07) is 6.27. The molecule has 1 aromatic rings. The number of rotatable bonds is 7. The van der Waals surface area contributed by atoms with Crippen molar-refractivity contribution >= 4 is 23.2 Å². The zero-order valence-electron chi connectivity index (χ0n) is 12.6. The smallest absolute Gasteiger partial charge is 0.236 e. The number of nitrogens with one attached hydrogen (secondary N) is 1. The number of anilines is 1. The molecular weight excluding hydrogens is 274 g/mol. The van der Waals surface area contributed by atoms with Crippen LogP contribution in [0.1, 0.15) is 33.3 Å². The van der Waals surface area contributed by atoms with E-state index >= 15 is 0 Å². The molecule has 0 saturated carbocycles. The number of carbonyl (C=O) groups excluding carboxylic acids is 1. The van der Waals surface area contributed by atoms with Crippen LogP contribution >= 0.6 is 11.6 Å². The first-order valence-corrected chi connectivity index (χ1v) is 7.26. The van der Waals surface area contributed by atoms with Crippen molar-refractivity contribution in [3.8, 4) is 0 Å². The molecule has 0 unspecified atom stereocenters. The molecule has 0 atom stereocenters. The van der Waals surface area contributed by atoms with Crippen LogP contribution in [-0.2, 0) is 11.3 Å². The molecule has 0 aliphatic heterocycles. The van der Waals surface area contributed by atoms with E-state index in [0.29, 0.717) is 17.6 Å². The molecule has 0 fully saturated rings. The lowest BCUT2D eigenvalue weighted by Crippen LogP contribution is -2.39. The van der Waals surface area contributed by atoms with Gasteiger partial charge in [-0.25, -0.2) is 0 Å². The lowest BCUT2D eigenvalue weighted by Gasteiger charge is -2.30. The van der Waals surface area contributed by atoms with Crippen LogP contribution in [0.25, 0.3) is 0 Å². The van der Waals surface area contributed by atoms with E-state index in [-0.39, 0.29) is 18.5 Å². The second-order valence-electron chi connectivity index (χ2n) is 5.46. The van der Waals surface area contributed by atoms with Crippen molar-refractivity contribution in [2.24, 2.45) is 5.73 Å². The second kappa shape index (κ2) is 7.50. The number of amides is 1. The summed E-state index contributed by atoms with van der Waals surface area (Å²) in [4.78, 5) is 13.3. The highest BCUT2D eigenvalue weighted by molar-refractivity contribution is 6.31. The average molecular weight is 298 g/mol. The lowest BCUT2D eigenvalue weighted by molar-refractivity contribution is -0.116. The van der Waals surface area contributed by atoms with Gasteiger partial charge in [0.25, 0.3) is 0 Å². The minimum absolute atomic E-state index is 0.166. The normalized spacial score (nSPS) is 11.2. The van der Waals surface area contributed by atoms with E-state index in [9.17, 15) is 4.79 Å². The number of nitrogens with zero attached hydrogens (tertiary/aromatic N) is 1. The van der Waals surface area contributed by atoms with Crippen molar-refractivity contribution in [3.05, 3.63) is 28.8 Å². The number of hydrogen-bond acceptors (Lipinski definition) is 3. The number of benzene rings is 1. The van der Waals surface area contributed by atoms with Gasteiger partial charge in [0.15, 0.2) is 0 Å². The van der Waals surface area contributed by atoms with Crippen LogP contribution in [0, 0.1) is 0 Å². The van der Waals surface area contributed by atoms with Crippen LogP contribution < -0.4 is 16.0 Å². The molecule has 0 spiro atoms. The zero-order valence-corrected chi connectivity index (χ0v) is 13.4. The van der Waals surface area contributed by atoms with Gasteiger partial charge < -0.3 is 16.0 Å². The maximum Gasteiger partial charge on any atom is 0.236 e. The molecule has 0 aliphatic carbocycles. The van der Waals surface area contributed by atoms with Crippen LogP contribution in [0.4, 0.5) is 5.69 Å². The maximum absolute atomic E-state index is 11.3. The zero-order chi connectivity index (χ0) is 15.3. The quantitative estimate of drug-likeness (QED) is 0.813. The Morgan fingerprint density at radius 1 is 1.35 bits per heavy atom. The van der Waals surface area contributed by atoms with Gasteiger partial charge in [-0.05, 0) is 26.0 Å². The molecule has 1 rings (SSSR count). The molecule has 4 nitrogen and oxygen atoms in total. The molecular formula is C15H24ClN3O. The molecule has 20 heavy (non-hydrogen) atoms. The summed E-state index contributed by atoms with van der Waals surface area (Å²) in [5.74, 6) is -0.346. The Kier molecular flexibility index (Phi) is 6.30. The highest BCUT2D eigenvalue weighted by Gasteiger charge is 2.18. The van der Waals surface area contributed by atoms with Crippen molar-refractivity contribution < 1.29 is 4.79 Å². The van der Waals surface area contributed by atoms with E-state index in [1.165, 1.54) is 0 Å². The van der Waals surface area contributed by atoms with Crippen LogP contribution in [0.2, 0.25) is 5.02 Å². The van der Waals surface area contributed by atoms with E-state index in [2.05, 4.69) is 19.2 Å². The Hall–Kier alpha value is -1.26. The standard InChI is InChI=1S/C15H24ClN3O/c1-10(2)18-8-12-13(16)6-5-7-14(12)19(11(3)4)9-15(17)20/h5-7,10-11,18H,8-9H2,1-4H3,(H2,17,20). The Balaban J connectivity index is 3.13. The first kappa shape index (κ1) is 16.8. The van der Waals surface area contributed by atoms with E-state index in [1.807, 2.05) is 36.9 Å². The monoisotopic (exact) mass is 297 g/mol. The molecule has 1 amide bonds. The molecule has 0 heterocycles. The van der Waals surface area contributed by atoms with Crippen molar-refractivity contribution in [2.75, 3.05) is 11.4 Å². The van der Waals surface area contributed by atoms with Crippen LogP contribution in [0.5, 0.6) is 0 Å². The van der Waals surface area contributed by atoms with Gasteiger partial charge in [0.05, 0.1) is 6.54 Å². The predicted octanol–water partition coefficient (Wildman–Crippen LogP) is 2.54. The summed E-state index contributed by atoms with van der Waals surface area (Å²) in [7, 11) is 0. The number of halogens is 1. The largest absolute Gasteiger partial charge is 0.368 e. The lowest BCUT2D eigenvalue weighted by atomic mass is 10.1. The Morgan fingerprint density at radius 2 is 2.00 bits per heavy atom. The highest BCUT2D eigenvalue weighted by atomic mass is 35.5. The Labute approximate surface area is 126 Å². The van der Waals surface area contributed by atoms with E-state index in [0.717, 1.165) is 11.3 Å². The summed E-state index contributed by atoms with van der Waals surface area (Å²) in [6.45, 7) is 9.08. The maximum atomic E-state index is 11.3. The van der Waals surface area contributed by atoms with E-state index < -0.39 is 0 Å². The van der Waals surface area contributed by atoms with Crippen molar-refractivity contribution in [1.29, 1.82) is 0 Å². The van der Waals surface area contributed by atoms with Gasteiger partial charge in [0.2, 0.25) is 5.91 Å². The fraction of sp³-hybridized carbons (Fsp3) is 0.533. The summed E-state index contributed by atoms with van der Waals surface area (Å²) >= 11 is 6.32. The second-order valence-corrected chi connectivity index (χ2v) is 5.87. The van der Waals surface area contributed by atoms with Gasteiger partial charge in [-0.1, -0.05) is 31.5 Å². The summed E-state index contributed by atoms with van der Waals surface area (Å²) in [5.41, 5.74) is 7.31. The van der Waals surface area contributed by atoms with Gasteiger partial charge in [-0.3, -0.25) is 4.79 Å². The van der Waals surface area contributed by atoms with Crippen LogP contribution in [0.3, 0.4) is 0 Å². The van der Waals surface area contributed by atoms with Gasteiger partial charge in [0.1, 0.15) is 0 Å². The highest BCUT2D eigenvalue weighted by Crippen LogP contribution is 2.28. The molecule has 0 bridgehead atoms. The molecule has 112 valence electrons. The third-order valence-corrected chi connectivity index (χ3v) is 3.39. The third kappa shape index (κ3) is 4.69. The van der Waals surface area contributed by atoms with Crippen molar-refractivity contribution in [3.63, 3.8) is 0 Å². The van der Waals surface area contributed by atoms with Gasteiger partial charge in [0, 0.05) is 34.9 Å². The predicted molar refractivity (Wildman–Crippen MR) is 85.1 cm³/mol. The molecule has 0 aromatic heterocycles. The first-order valence-electron chi connectivity index (χ1n) is 6.88. The molecule has 3 N–H and O–H groups in total. The van der Waals surface area contributed by atoms with Gasteiger partial charge in [-0.2, -0.15) is 0 Å². The van der Waals surface area contributed by atoms with Gasteiger partial charge in [-0.15, -0.1) is 0 Å². The number of primary amides is 1. The molecule has 0 radical (unpaired) electrons. The fourth-order valence-electron chi connectivity index (χ4n) is 2.01. The topological polar surface area (TPSA) is 58.4 Å². The van der Waals surface area contributed by atoms with E-state index in [1.54, 1.807) is 0 Å². The number of carbonyl (C=O) groups is 1. The minimum Gasteiger partial charge on any atom is -0.368 e. The Morgan fingerprint density at radius 3 is 2.50 bits per heavy atom. The van der Waals surface area contributed by atoms with Crippen LogP contribution in [0.15, 0.2) is 18.2 Å². The minimum atomic E-state index is -0.346. The molecule has 0 aliphatic rings. The average Bonchev–Trinajstić information content (AvgIpc) is 2.33. The Bertz CT molecular complexity index is 460. The molecule has 1 aromatic carbocycles. The number of nitrogens with two attached hydrogens (primary N) is 1.